The standard InChI is InChI=1S/C16H20N4O2.ClH/c17-11-16(7-3-4-8-16)19-14(21)10-20-15(22)13-6-2-1-5-12(13)9-18-20;/h1-2,5-6,9H,3-4,7-8,10-11,17H2,(H,19,21);1H. The van der Waals surface area contributed by atoms with E-state index in [0.29, 0.717) is 11.9 Å². The van der Waals surface area contributed by atoms with Crippen LogP contribution in [0.5, 0.6) is 0 Å². The van der Waals surface area contributed by atoms with E-state index in [9.17, 15) is 9.59 Å². The SMILES string of the molecule is Cl.NCC1(NC(=O)Cn2ncc3ccccc3c2=O)CCCC1. The number of fused-ring (bicyclic) bond motifs is 1. The normalized spacial score (nSPS) is 16.0. The first kappa shape index (κ1) is 17.4. The lowest BCUT2D eigenvalue weighted by atomic mass is 9.98. The molecule has 0 saturated heterocycles. The highest BCUT2D eigenvalue weighted by atomic mass is 35.5. The van der Waals surface area contributed by atoms with Crippen molar-refractivity contribution in [3.05, 3.63) is 40.8 Å². The monoisotopic (exact) mass is 336 g/mol. The van der Waals surface area contributed by atoms with Crippen LogP contribution in [0.2, 0.25) is 0 Å². The number of halogens is 1. The Balaban J connectivity index is 0.00000192. The van der Waals surface area contributed by atoms with E-state index >= 15 is 0 Å². The van der Waals surface area contributed by atoms with E-state index in [4.69, 9.17) is 5.73 Å². The van der Waals surface area contributed by atoms with Crippen LogP contribution in [0.4, 0.5) is 0 Å². The van der Waals surface area contributed by atoms with Crippen LogP contribution in [0.15, 0.2) is 35.3 Å². The second-order valence-electron chi connectivity index (χ2n) is 5.93. The minimum Gasteiger partial charge on any atom is -0.348 e. The first-order chi connectivity index (χ1) is 10.6. The van der Waals surface area contributed by atoms with Gasteiger partial charge in [-0.1, -0.05) is 31.0 Å². The molecule has 1 saturated carbocycles. The van der Waals surface area contributed by atoms with Gasteiger partial charge in [0.05, 0.1) is 17.1 Å². The highest BCUT2D eigenvalue weighted by Gasteiger charge is 2.33. The number of amides is 1. The maximum atomic E-state index is 12.3. The first-order valence-electron chi connectivity index (χ1n) is 7.59. The molecule has 7 heteroatoms. The van der Waals surface area contributed by atoms with E-state index in [0.717, 1.165) is 31.1 Å². The first-order valence-corrected chi connectivity index (χ1v) is 7.59. The molecule has 2 aromatic rings. The number of nitrogens with one attached hydrogen (secondary N) is 1. The lowest BCUT2D eigenvalue weighted by Crippen LogP contribution is -2.53. The molecule has 0 atom stereocenters. The van der Waals surface area contributed by atoms with E-state index in [-0.39, 0.29) is 36.0 Å². The summed E-state index contributed by atoms with van der Waals surface area (Å²) in [7, 11) is 0. The van der Waals surface area contributed by atoms with E-state index in [2.05, 4.69) is 10.4 Å². The molecule has 1 aliphatic rings. The summed E-state index contributed by atoms with van der Waals surface area (Å²) >= 11 is 0. The summed E-state index contributed by atoms with van der Waals surface area (Å²) in [5.74, 6) is -0.211. The molecule has 1 heterocycles. The van der Waals surface area contributed by atoms with Crippen molar-refractivity contribution in [2.24, 2.45) is 5.73 Å². The summed E-state index contributed by atoms with van der Waals surface area (Å²) in [6.45, 7) is 0.351. The highest BCUT2D eigenvalue weighted by molar-refractivity contribution is 5.85. The van der Waals surface area contributed by atoms with Gasteiger partial charge in [-0.15, -0.1) is 12.4 Å². The molecule has 1 fully saturated rings. The van der Waals surface area contributed by atoms with E-state index < -0.39 is 0 Å². The second kappa shape index (κ2) is 7.10. The Morgan fingerprint density at radius 2 is 2.00 bits per heavy atom. The van der Waals surface area contributed by atoms with Crippen molar-refractivity contribution in [2.75, 3.05) is 6.54 Å². The molecule has 1 aromatic heterocycles. The van der Waals surface area contributed by atoms with Crippen molar-refractivity contribution in [1.82, 2.24) is 15.1 Å². The third-order valence-corrected chi connectivity index (χ3v) is 4.41. The van der Waals surface area contributed by atoms with Crippen LogP contribution in [-0.4, -0.2) is 27.8 Å². The van der Waals surface area contributed by atoms with Crippen molar-refractivity contribution in [1.29, 1.82) is 0 Å². The van der Waals surface area contributed by atoms with Crippen molar-refractivity contribution in [3.8, 4) is 0 Å². The molecular formula is C16H21ClN4O2. The molecule has 1 aromatic carbocycles. The van der Waals surface area contributed by atoms with Crippen molar-refractivity contribution >= 4 is 29.1 Å². The Hall–Kier alpha value is -1.92. The van der Waals surface area contributed by atoms with Gasteiger partial charge in [0.25, 0.3) is 5.56 Å². The molecule has 0 spiro atoms. The predicted octanol–water partition coefficient (Wildman–Crippen LogP) is 1.21. The number of aromatic nitrogens is 2. The summed E-state index contributed by atoms with van der Waals surface area (Å²) in [5.41, 5.74) is 5.26. The zero-order chi connectivity index (χ0) is 15.6. The van der Waals surface area contributed by atoms with Gasteiger partial charge in [-0.25, -0.2) is 4.68 Å². The van der Waals surface area contributed by atoms with Gasteiger partial charge in [0.2, 0.25) is 5.91 Å². The molecule has 23 heavy (non-hydrogen) atoms. The number of hydrogen-bond donors (Lipinski definition) is 2. The van der Waals surface area contributed by atoms with Crippen molar-refractivity contribution in [3.63, 3.8) is 0 Å². The molecule has 3 N–H and O–H groups in total. The molecule has 124 valence electrons. The summed E-state index contributed by atoms with van der Waals surface area (Å²) in [6, 6.07) is 7.23. The van der Waals surface area contributed by atoms with Crippen LogP contribution in [0.25, 0.3) is 10.8 Å². The Kier molecular flexibility index (Phi) is 5.38. The summed E-state index contributed by atoms with van der Waals surface area (Å²) in [6.07, 6.45) is 5.56. The lowest BCUT2D eigenvalue weighted by Gasteiger charge is -2.28. The van der Waals surface area contributed by atoms with Gasteiger partial charge in [-0.2, -0.15) is 5.10 Å². The van der Waals surface area contributed by atoms with E-state index in [1.54, 1.807) is 18.3 Å². The van der Waals surface area contributed by atoms with Gasteiger partial charge in [0.1, 0.15) is 6.54 Å². The fourth-order valence-corrected chi connectivity index (χ4v) is 3.14. The van der Waals surface area contributed by atoms with E-state index in [1.807, 2.05) is 12.1 Å². The van der Waals surface area contributed by atoms with Crippen LogP contribution in [0.1, 0.15) is 25.7 Å². The molecule has 0 aliphatic heterocycles. The number of carbonyl (C=O) groups excluding carboxylic acids is 1. The average Bonchev–Trinajstić information content (AvgIpc) is 2.99. The highest BCUT2D eigenvalue weighted by Crippen LogP contribution is 2.28. The quantitative estimate of drug-likeness (QED) is 0.878. The number of carbonyl (C=O) groups is 1. The molecule has 6 nitrogen and oxygen atoms in total. The van der Waals surface area contributed by atoms with Gasteiger partial charge in [-0.05, 0) is 18.9 Å². The zero-order valence-corrected chi connectivity index (χ0v) is 13.6. The second-order valence-corrected chi connectivity index (χ2v) is 5.93. The van der Waals surface area contributed by atoms with Gasteiger partial charge in [0.15, 0.2) is 0 Å². The topological polar surface area (TPSA) is 90.0 Å². The van der Waals surface area contributed by atoms with Crippen LogP contribution < -0.4 is 16.6 Å². The minimum absolute atomic E-state index is 0. The van der Waals surface area contributed by atoms with Crippen LogP contribution in [-0.2, 0) is 11.3 Å². The van der Waals surface area contributed by atoms with Gasteiger partial charge in [-0.3, -0.25) is 9.59 Å². The number of nitrogens with zero attached hydrogens (tertiary/aromatic N) is 2. The van der Waals surface area contributed by atoms with Crippen molar-refractivity contribution < 1.29 is 4.79 Å². The molecular weight excluding hydrogens is 316 g/mol. The summed E-state index contributed by atoms with van der Waals surface area (Å²) in [5, 5.41) is 8.43. The fraction of sp³-hybridized carbons (Fsp3) is 0.438. The molecule has 1 aliphatic carbocycles. The largest absolute Gasteiger partial charge is 0.348 e. The number of hydrogen-bond acceptors (Lipinski definition) is 4. The Bertz CT molecular complexity index is 753. The lowest BCUT2D eigenvalue weighted by molar-refractivity contribution is -0.123. The maximum Gasteiger partial charge on any atom is 0.275 e. The summed E-state index contributed by atoms with van der Waals surface area (Å²) in [4.78, 5) is 24.6. The number of benzene rings is 1. The maximum absolute atomic E-state index is 12.3. The Morgan fingerprint density at radius 3 is 2.70 bits per heavy atom. The number of rotatable bonds is 4. The van der Waals surface area contributed by atoms with E-state index in [1.165, 1.54) is 4.68 Å². The third-order valence-electron chi connectivity index (χ3n) is 4.41. The molecule has 0 bridgehead atoms. The molecule has 0 unspecified atom stereocenters. The Morgan fingerprint density at radius 1 is 1.30 bits per heavy atom. The smallest absolute Gasteiger partial charge is 0.275 e. The molecule has 1 amide bonds. The van der Waals surface area contributed by atoms with Gasteiger partial charge in [0, 0.05) is 11.9 Å². The van der Waals surface area contributed by atoms with Crippen LogP contribution in [0.3, 0.4) is 0 Å². The average molecular weight is 337 g/mol. The fourth-order valence-electron chi connectivity index (χ4n) is 3.14. The predicted molar refractivity (Wildman–Crippen MR) is 91.6 cm³/mol. The number of nitrogens with two attached hydrogens (primary N) is 1. The molecule has 3 rings (SSSR count). The van der Waals surface area contributed by atoms with Gasteiger partial charge < -0.3 is 11.1 Å². The third kappa shape index (κ3) is 3.54. The van der Waals surface area contributed by atoms with Crippen LogP contribution >= 0.6 is 12.4 Å². The molecule has 0 radical (unpaired) electrons. The zero-order valence-electron chi connectivity index (χ0n) is 12.8. The Labute approximate surface area is 140 Å². The van der Waals surface area contributed by atoms with Crippen molar-refractivity contribution in [2.45, 2.75) is 37.8 Å². The van der Waals surface area contributed by atoms with Crippen LogP contribution in [0, 0.1) is 0 Å². The minimum atomic E-state index is -0.308. The summed E-state index contributed by atoms with van der Waals surface area (Å²) < 4.78 is 1.21. The van der Waals surface area contributed by atoms with Gasteiger partial charge >= 0.3 is 0 Å².